The lowest BCUT2D eigenvalue weighted by Crippen LogP contribution is -2.38. The van der Waals surface area contributed by atoms with E-state index in [1.54, 1.807) is 0 Å². The second-order valence-electron chi connectivity index (χ2n) is 4.84. The Labute approximate surface area is 117 Å². The molecule has 2 aromatic rings. The molecule has 1 aliphatic rings. The molecule has 0 N–H and O–H groups in total. The van der Waals surface area contributed by atoms with Gasteiger partial charge in [0, 0.05) is 10.6 Å². The third-order valence-corrected chi connectivity index (χ3v) is 3.71. The fourth-order valence-electron chi connectivity index (χ4n) is 2.56. The van der Waals surface area contributed by atoms with Crippen LogP contribution >= 0.6 is 11.6 Å². The molecule has 2 atom stereocenters. The molecule has 0 amide bonds. The molecule has 0 fully saturated rings. The van der Waals surface area contributed by atoms with Gasteiger partial charge in [-0.2, -0.15) is 0 Å². The Balaban J connectivity index is 2.20. The summed E-state index contributed by atoms with van der Waals surface area (Å²) < 4.78 is 11.8. The predicted octanol–water partition coefficient (Wildman–Crippen LogP) is 4.36. The first-order valence-electron chi connectivity index (χ1n) is 6.29. The second-order valence-corrected chi connectivity index (χ2v) is 5.28. The molecule has 0 spiro atoms. The van der Waals surface area contributed by atoms with Crippen molar-refractivity contribution in [2.45, 2.75) is 25.7 Å². The van der Waals surface area contributed by atoms with Gasteiger partial charge in [0.2, 0.25) is 0 Å². The predicted molar refractivity (Wildman–Crippen MR) is 75.5 cm³/mol. The quantitative estimate of drug-likeness (QED) is 0.769. The zero-order chi connectivity index (χ0) is 13.5. The summed E-state index contributed by atoms with van der Waals surface area (Å²) >= 11 is 6.12. The van der Waals surface area contributed by atoms with Crippen LogP contribution in [0.4, 0.5) is 0 Å². The maximum atomic E-state index is 6.12. The average molecular weight is 275 g/mol. The van der Waals surface area contributed by atoms with Gasteiger partial charge in [-0.25, -0.2) is 0 Å². The molecule has 0 saturated carbocycles. The lowest BCUT2D eigenvalue weighted by molar-refractivity contribution is -0.162. The van der Waals surface area contributed by atoms with Gasteiger partial charge in [-0.05, 0) is 37.6 Å². The molecule has 98 valence electrons. The van der Waals surface area contributed by atoms with Gasteiger partial charge in [-0.3, -0.25) is 0 Å². The lowest BCUT2D eigenvalue weighted by atomic mass is 9.86. The molecule has 3 heteroatoms. The summed E-state index contributed by atoms with van der Waals surface area (Å²) in [6, 6.07) is 15.8. The Bertz CT molecular complexity index is 597. The highest BCUT2D eigenvalue weighted by Crippen LogP contribution is 2.44. The van der Waals surface area contributed by atoms with Crippen molar-refractivity contribution in [3.8, 4) is 5.75 Å². The highest BCUT2D eigenvalue weighted by molar-refractivity contribution is 6.30. The number of halogens is 1. The minimum Gasteiger partial charge on any atom is -0.465 e. The van der Waals surface area contributed by atoms with Gasteiger partial charge in [0.15, 0.2) is 6.29 Å². The number of fused-ring (bicyclic) bond motifs is 1. The van der Waals surface area contributed by atoms with Gasteiger partial charge in [-0.15, -0.1) is 0 Å². The molecule has 0 radical (unpaired) electrons. The van der Waals surface area contributed by atoms with Gasteiger partial charge < -0.3 is 9.47 Å². The van der Waals surface area contributed by atoms with Crippen LogP contribution in [0, 0.1) is 0 Å². The SMILES string of the molecule is CC1Oc2ccc(Cl)cc2C(C)(c2ccccc2)O1. The number of ether oxygens (including phenoxy) is 2. The molecule has 2 nitrogen and oxygen atoms in total. The van der Waals surface area contributed by atoms with Crippen LogP contribution in [0.3, 0.4) is 0 Å². The molecular weight excluding hydrogens is 260 g/mol. The fraction of sp³-hybridized carbons (Fsp3) is 0.250. The van der Waals surface area contributed by atoms with Crippen LogP contribution in [0.2, 0.25) is 5.02 Å². The van der Waals surface area contributed by atoms with Crippen LogP contribution in [0.5, 0.6) is 5.75 Å². The second kappa shape index (κ2) is 4.55. The Hall–Kier alpha value is -1.51. The van der Waals surface area contributed by atoms with E-state index >= 15 is 0 Å². The van der Waals surface area contributed by atoms with Gasteiger partial charge in [-0.1, -0.05) is 41.9 Å². The van der Waals surface area contributed by atoms with E-state index in [0.717, 1.165) is 16.9 Å². The summed E-state index contributed by atoms with van der Waals surface area (Å²) in [5.74, 6) is 0.828. The van der Waals surface area contributed by atoms with Gasteiger partial charge >= 0.3 is 0 Å². The smallest absolute Gasteiger partial charge is 0.198 e. The standard InChI is InChI=1S/C16H15ClO2/c1-11-18-15-9-8-13(17)10-14(15)16(2,19-11)12-6-4-3-5-7-12/h3-11H,1-2H3. The summed E-state index contributed by atoms with van der Waals surface area (Å²) in [4.78, 5) is 0. The van der Waals surface area contributed by atoms with Crippen LogP contribution in [0.1, 0.15) is 25.0 Å². The summed E-state index contributed by atoms with van der Waals surface area (Å²) in [5.41, 5.74) is 1.51. The summed E-state index contributed by atoms with van der Waals surface area (Å²) in [5, 5.41) is 0.683. The molecule has 3 rings (SSSR count). The number of rotatable bonds is 1. The Kier molecular flexibility index (Phi) is 3.00. The molecular formula is C16H15ClO2. The molecule has 19 heavy (non-hydrogen) atoms. The minimum atomic E-state index is -0.542. The highest BCUT2D eigenvalue weighted by atomic mass is 35.5. The monoisotopic (exact) mass is 274 g/mol. The zero-order valence-electron chi connectivity index (χ0n) is 10.9. The van der Waals surface area contributed by atoms with E-state index in [0.29, 0.717) is 5.02 Å². The average Bonchev–Trinajstić information content (AvgIpc) is 2.41. The Morgan fingerprint density at radius 2 is 1.84 bits per heavy atom. The first-order valence-corrected chi connectivity index (χ1v) is 6.67. The van der Waals surface area contributed by atoms with E-state index in [2.05, 4.69) is 19.1 Å². The topological polar surface area (TPSA) is 18.5 Å². The van der Waals surface area contributed by atoms with Crippen molar-refractivity contribution in [2.75, 3.05) is 0 Å². The Morgan fingerprint density at radius 3 is 2.58 bits per heavy atom. The van der Waals surface area contributed by atoms with Gasteiger partial charge in [0.1, 0.15) is 11.4 Å². The molecule has 0 saturated heterocycles. The summed E-state index contributed by atoms with van der Waals surface area (Å²) in [6.07, 6.45) is -0.293. The zero-order valence-corrected chi connectivity index (χ0v) is 11.6. The first kappa shape index (κ1) is 12.5. The van der Waals surface area contributed by atoms with Crippen LogP contribution in [-0.4, -0.2) is 6.29 Å². The number of benzene rings is 2. The molecule has 0 aromatic heterocycles. The normalized spacial score (nSPS) is 25.5. The van der Waals surface area contributed by atoms with Crippen LogP contribution in [0.25, 0.3) is 0 Å². The van der Waals surface area contributed by atoms with Crippen molar-refractivity contribution in [3.63, 3.8) is 0 Å². The Morgan fingerprint density at radius 1 is 1.11 bits per heavy atom. The molecule has 1 aliphatic heterocycles. The lowest BCUT2D eigenvalue weighted by Gasteiger charge is -2.39. The molecule has 0 bridgehead atoms. The van der Waals surface area contributed by atoms with Gasteiger partial charge in [0.25, 0.3) is 0 Å². The highest BCUT2D eigenvalue weighted by Gasteiger charge is 2.39. The summed E-state index contributed by atoms with van der Waals surface area (Å²) in [7, 11) is 0. The van der Waals surface area contributed by atoms with E-state index in [-0.39, 0.29) is 6.29 Å². The number of hydrogen-bond donors (Lipinski definition) is 0. The maximum Gasteiger partial charge on any atom is 0.198 e. The third kappa shape index (κ3) is 2.11. The maximum absolute atomic E-state index is 6.12. The van der Waals surface area contributed by atoms with Crippen molar-refractivity contribution in [3.05, 3.63) is 64.7 Å². The summed E-state index contributed by atoms with van der Waals surface area (Å²) in [6.45, 7) is 3.95. The molecule has 2 aromatic carbocycles. The largest absolute Gasteiger partial charge is 0.465 e. The van der Waals surface area contributed by atoms with Crippen molar-refractivity contribution in [1.29, 1.82) is 0 Å². The third-order valence-electron chi connectivity index (χ3n) is 3.47. The van der Waals surface area contributed by atoms with Gasteiger partial charge in [0.05, 0.1) is 0 Å². The fourth-order valence-corrected chi connectivity index (χ4v) is 2.73. The van der Waals surface area contributed by atoms with Crippen molar-refractivity contribution >= 4 is 11.6 Å². The van der Waals surface area contributed by atoms with E-state index in [1.807, 2.05) is 43.3 Å². The number of hydrogen-bond acceptors (Lipinski definition) is 2. The molecule has 2 unspecified atom stereocenters. The van der Waals surface area contributed by atoms with Crippen molar-refractivity contribution in [1.82, 2.24) is 0 Å². The van der Waals surface area contributed by atoms with E-state index in [1.165, 1.54) is 0 Å². The van der Waals surface area contributed by atoms with Crippen LogP contribution < -0.4 is 4.74 Å². The van der Waals surface area contributed by atoms with E-state index < -0.39 is 5.60 Å². The first-order chi connectivity index (χ1) is 9.09. The minimum absolute atomic E-state index is 0.293. The van der Waals surface area contributed by atoms with Crippen LogP contribution in [0.15, 0.2) is 48.5 Å². The van der Waals surface area contributed by atoms with Crippen LogP contribution in [-0.2, 0) is 10.3 Å². The van der Waals surface area contributed by atoms with Crippen molar-refractivity contribution in [2.24, 2.45) is 0 Å². The van der Waals surface area contributed by atoms with E-state index in [9.17, 15) is 0 Å². The molecule has 0 aliphatic carbocycles. The van der Waals surface area contributed by atoms with E-state index in [4.69, 9.17) is 21.1 Å². The molecule has 1 heterocycles. The van der Waals surface area contributed by atoms with Crippen molar-refractivity contribution < 1.29 is 9.47 Å².